The van der Waals surface area contributed by atoms with Crippen molar-refractivity contribution in [1.82, 2.24) is 14.9 Å². The molecule has 1 atom stereocenters. The second-order valence-corrected chi connectivity index (χ2v) is 8.02. The zero-order valence-corrected chi connectivity index (χ0v) is 18.4. The second kappa shape index (κ2) is 9.06. The van der Waals surface area contributed by atoms with E-state index in [0.29, 0.717) is 11.4 Å². The van der Waals surface area contributed by atoms with Gasteiger partial charge in [0.2, 0.25) is 5.91 Å². The lowest BCUT2D eigenvalue weighted by Crippen LogP contribution is -2.30. The van der Waals surface area contributed by atoms with Crippen LogP contribution in [0.3, 0.4) is 0 Å². The van der Waals surface area contributed by atoms with Crippen molar-refractivity contribution in [3.05, 3.63) is 95.3 Å². The van der Waals surface area contributed by atoms with Gasteiger partial charge in [-0.15, -0.1) is 0 Å². The number of anilines is 1. The monoisotopic (exact) mass is 426 g/mol. The summed E-state index contributed by atoms with van der Waals surface area (Å²) in [5.74, 6) is 0.295. The van der Waals surface area contributed by atoms with Gasteiger partial charge in [-0.05, 0) is 62.7 Å². The Morgan fingerprint density at radius 1 is 0.938 bits per heavy atom. The molecule has 4 rings (SSSR count). The van der Waals surface area contributed by atoms with Crippen LogP contribution in [0.2, 0.25) is 0 Å². The molecule has 6 nitrogen and oxygen atoms in total. The van der Waals surface area contributed by atoms with Gasteiger partial charge in [0.05, 0.1) is 17.1 Å². The topological polar surface area (TPSA) is 76.0 Å². The number of amides is 2. The van der Waals surface area contributed by atoms with E-state index in [0.717, 1.165) is 27.8 Å². The molecular weight excluding hydrogens is 400 g/mol. The lowest BCUT2D eigenvalue weighted by Gasteiger charge is -2.16. The Bertz CT molecular complexity index is 1270. The molecule has 0 fully saturated rings. The first kappa shape index (κ1) is 21.3. The molecule has 4 aromatic rings. The molecule has 0 spiro atoms. The number of aryl methyl sites for hydroxylation is 2. The van der Waals surface area contributed by atoms with Crippen molar-refractivity contribution < 1.29 is 9.59 Å². The molecule has 32 heavy (non-hydrogen) atoms. The molecule has 1 unspecified atom stereocenters. The minimum absolute atomic E-state index is 0.0918. The first-order chi connectivity index (χ1) is 15.4. The first-order valence-electron chi connectivity index (χ1n) is 10.6. The molecule has 0 aliphatic heterocycles. The Balaban J connectivity index is 1.58. The number of hydrogen-bond donors (Lipinski definition) is 2. The van der Waals surface area contributed by atoms with Crippen LogP contribution >= 0.6 is 0 Å². The number of aromatic nitrogens is 2. The fourth-order valence-electron chi connectivity index (χ4n) is 3.71. The van der Waals surface area contributed by atoms with Gasteiger partial charge in [-0.25, -0.2) is 4.98 Å². The zero-order chi connectivity index (χ0) is 22.7. The largest absolute Gasteiger partial charge is 0.342 e. The minimum Gasteiger partial charge on any atom is -0.342 e. The molecule has 2 N–H and O–H groups in total. The number of nitrogens with one attached hydrogen (secondary N) is 2. The lowest BCUT2D eigenvalue weighted by molar-refractivity contribution is -0.116. The average molecular weight is 427 g/mol. The fraction of sp³-hybridized carbons (Fsp3) is 0.192. The number of nitrogens with zero attached hydrogens (tertiary/aromatic N) is 2. The van der Waals surface area contributed by atoms with Gasteiger partial charge in [0.25, 0.3) is 5.91 Å². The van der Waals surface area contributed by atoms with Crippen molar-refractivity contribution in [3.63, 3.8) is 0 Å². The smallest absolute Gasteiger partial charge is 0.251 e. The van der Waals surface area contributed by atoms with Crippen molar-refractivity contribution >= 4 is 28.5 Å². The molecule has 3 aromatic carbocycles. The van der Waals surface area contributed by atoms with Crippen LogP contribution in [0.25, 0.3) is 11.0 Å². The van der Waals surface area contributed by atoms with Crippen molar-refractivity contribution in [3.8, 4) is 0 Å². The molecule has 1 heterocycles. The van der Waals surface area contributed by atoms with Gasteiger partial charge in [-0.2, -0.15) is 0 Å². The number of carbonyl (C=O) groups excluding carboxylic acids is 2. The molecule has 0 saturated carbocycles. The molecule has 0 radical (unpaired) electrons. The second-order valence-electron chi connectivity index (χ2n) is 8.02. The van der Waals surface area contributed by atoms with Crippen LogP contribution in [-0.4, -0.2) is 21.4 Å². The minimum atomic E-state index is -0.386. The maximum Gasteiger partial charge on any atom is 0.251 e. The van der Waals surface area contributed by atoms with Gasteiger partial charge in [0.15, 0.2) is 0 Å². The highest BCUT2D eigenvalue weighted by molar-refractivity contribution is 5.94. The third-order valence-electron chi connectivity index (χ3n) is 5.34. The predicted molar refractivity (Wildman–Crippen MR) is 127 cm³/mol. The van der Waals surface area contributed by atoms with Crippen molar-refractivity contribution in [2.75, 3.05) is 5.32 Å². The van der Waals surface area contributed by atoms with Crippen LogP contribution in [0.4, 0.5) is 5.69 Å². The van der Waals surface area contributed by atoms with Crippen LogP contribution < -0.4 is 10.6 Å². The molecule has 0 bridgehead atoms. The van der Waals surface area contributed by atoms with Gasteiger partial charge in [0.1, 0.15) is 12.4 Å². The highest BCUT2D eigenvalue weighted by atomic mass is 16.2. The van der Waals surface area contributed by atoms with E-state index in [1.807, 2.05) is 86.0 Å². The van der Waals surface area contributed by atoms with Crippen molar-refractivity contribution in [1.29, 1.82) is 0 Å². The van der Waals surface area contributed by atoms with Gasteiger partial charge in [-0.1, -0.05) is 42.0 Å². The quantitative estimate of drug-likeness (QED) is 0.466. The zero-order valence-electron chi connectivity index (χ0n) is 18.4. The maximum atomic E-state index is 12.8. The Morgan fingerprint density at radius 2 is 1.69 bits per heavy atom. The van der Waals surface area contributed by atoms with Crippen LogP contribution in [-0.2, 0) is 11.3 Å². The van der Waals surface area contributed by atoms with E-state index in [-0.39, 0.29) is 24.4 Å². The number of benzene rings is 3. The number of fused-ring (bicyclic) bond motifs is 1. The van der Waals surface area contributed by atoms with E-state index in [1.165, 1.54) is 0 Å². The summed E-state index contributed by atoms with van der Waals surface area (Å²) in [6, 6.07) is 22.4. The predicted octanol–water partition coefficient (Wildman–Crippen LogP) is 4.78. The first-order valence-corrected chi connectivity index (χ1v) is 10.6. The summed E-state index contributed by atoms with van der Waals surface area (Å²) in [7, 11) is 0. The highest BCUT2D eigenvalue weighted by Crippen LogP contribution is 2.22. The van der Waals surface area contributed by atoms with E-state index < -0.39 is 0 Å². The Labute approximate surface area is 187 Å². The van der Waals surface area contributed by atoms with E-state index in [9.17, 15) is 9.59 Å². The van der Waals surface area contributed by atoms with Crippen LogP contribution in [0.15, 0.2) is 72.8 Å². The molecule has 162 valence electrons. The van der Waals surface area contributed by atoms with Crippen molar-refractivity contribution in [2.45, 2.75) is 33.4 Å². The third-order valence-corrected chi connectivity index (χ3v) is 5.34. The summed E-state index contributed by atoms with van der Waals surface area (Å²) in [5, 5.41) is 5.96. The van der Waals surface area contributed by atoms with Crippen LogP contribution in [0, 0.1) is 13.8 Å². The van der Waals surface area contributed by atoms with E-state index in [1.54, 1.807) is 12.1 Å². The normalized spacial score (nSPS) is 11.8. The van der Waals surface area contributed by atoms with Gasteiger partial charge >= 0.3 is 0 Å². The summed E-state index contributed by atoms with van der Waals surface area (Å²) in [6.45, 7) is 5.93. The molecule has 0 aliphatic rings. The molecule has 1 aromatic heterocycles. The summed E-state index contributed by atoms with van der Waals surface area (Å²) in [6.07, 6.45) is 0. The van der Waals surface area contributed by atoms with Crippen LogP contribution in [0.5, 0.6) is 0 Å². The van der Waals surface area contributed by atoms with E-state index in [4.69, 9.17) is 4.98 Å². The molecule has 2 amide bonds. The highest BCUT2D eigenvalue weighted by Gasteiger charge is 2.20. The number of hydrogen-bond acceptors (Lipinski definition) is 3. The molecule has 0 saturated heterocycles. The standard InChI is InChI=1S/C26H26N4O2/c1-17-11-13-20(14-12-17)26(32)27-19(3)25-29-22-9-4-5-10-23(22)30(25)16-24(31)28-21-8-6-7-18(2)15-21/h4-15,19H,16H2,1-3H3,(H,27,32)(H,28,31). The van der Waals surface area contributed by atoms with E-state index >= 15 is 0 Å². The fourth-order valence-corrected chi connectivity index (χ4v) is 3.71. The van der Waals surface area contributed by atoms with Crippen molar-refractivity contribution in [2.24, 2.45) is 0 Å². The van der Waals surface area contributed by atoms with Crippen LogP contribution in [0.1, 0.15) is 40.3 Å². The Hall–Kier alpha value is -3.93. The number of carbonyl (C=O) groups is 2. The summed E-state index contributed by atoms with van der Waals surface area (Å²) < 4.78 is 1.86. The Morgan fingerprint density at radius 3 is 2.44 bits per heavy atom. The third kappa shape index (κ3) is 4.70. The van der Waals surface area contributed by atoms with Gasteiger partial charge in [-0.3, -0.25) is 9.59 Å². The Kier molecular flexibility index (Phi) is 6.03. The molecule has 0 aliphatic carbocycles. The van der Waals surface area contributed by atoms with E-state index in [2.05, 4.69) is 10.6 Å². The maximum absolute atomic E-state index is 12.8. The summed E-state index contributed by atoms with van der Waals surface area (Å²) in [4.78, 5) is 30.3. The average Bonchev–Trinajstić information content (AvgIpc) is 3.12. The SMILES string of the molecule is Cc1ccc(C(=O)NC(C)c2nc3ccccc3n2CC(=O)Nc2cccc(C)c2)cc1. The summed E-state index contributed by atoms with van der Waals surface area (Å²) in [5.41, 5.74) is 5.13. The molecule has 6 heteroatoms. The number of rotatable bonds is 6. The van der Waals surface area contributed by atoms with Gasteiger partial charge < -0.3 is 15.2 Å². The lowest BCUT2D eigenvalue weighted by atomic mass is 10.1. The van der Waals surface area contributed by atoms with Gasteiger partial charge in [0, 0.05) is 11.3 Å². The number of para-hydroxylation sites is 2. The molecular formula is C26H26N4O2. The number of imidazole rings is 1. The summed E-state index contributed by atoms with van der Waals surface area (Å²) >= 11 is 0.